The number of aliphatic hydroxyl groups is 1. The fourth-order valence-corrected chi connectivity index (χ4v) is 4.80. The second-order valence-corrected chi connectivity index (χ2v) is 8.79. The van der Waals surface area contributed by atoms with Crippen LogP contribution in [0.15, 0.2) is 40.1 Å². The number of nitro groups is 1. The van der Waals surface area contributed by atoms with E-state index in [9.17, 15) is 14.9 Å². The number of nitrogens with zero attached hydrogens (tertiary/aromatic N) is 3. The van der Waals surface area contributed by atoms with Crippen molar-refractivity contribution in [3.63, 3.8) is 0 Å². The summed E-state index contributed by atoms with van der Waals surface area (Å²) in [4.78, 5) is 24.7. The van der Waals surface area contributed by atoms with Crippen LogP contribution in [-0.4, -0.2) is 37.3 Å². The Balaban J connectivity index is 1.94. The van der Waals surface area contributed by atoms with E-state index in [2.05, 4.69) is 0 Å². The molecule has 1 saturated heterocycles. The van der Waals surface area contributed by atoms with Gasteiger partial charge in [0.1, 0.15) is 0 Å². The Hall–Kier alpha value is -2.14. The third-order valence-electron chi connectivity index (χ3n) is 4.03. The van der Waals surface area contributed by atoms with Crippen molar-refractivity contribution < 1.29 is 14.8 Å². The average molecular weight is 436 g/mol. The van der Waals surface area contributed by atoms with Crippen molar-refractivity contribution in [1.82, 2.24) is 4.68 Å². The van der Waals surface area contributed by atoms with Gasteiger partial charge in [-0.15, -0.1) is 11.8 Å². The van der Waals surface area contributed by atoms with Gasteiger partial charge in [0.15, 0.2) is 4.32 Å². The normalized spacial score (nSPS) is 15.7. The zero-order valence-corrected chi connectivity index (χ0v) is 17.6. The van der Waals surface area contributed by atoms with E-state index in [4.69, 9.17) is 17.3 Å². The number of hydrogen-bond acceptors (Lipinski definition) is 7. The lowest BCUT2D eigenvalue weighted by Crippen LogP contribution is -2.39. The highest BCUT2D eigenvalue weighted by Gasteiger charge is 2.34. The number of carbonyl (C=O) groups is 1. The number of aromatic nitrogens is 1. The maximum Gasteiger partial charge on any atom is 0.285 e. The molecule has 10 heteroatoms. The van der Waals surface area contributed by atoms with E-state index in [1.807, 2.05) is 26.0 Å². The summed E-state index contributed by atoms with van der Waals surface area (Å²) in [5.74, 6) is 0.104. The Labute approximate surface area is 175 Å². The third-order valence-corrected chi connectivity index (χ3v) is 6.36. The first-order valence-electron chi connectivity index (χ1n) is 8.28. The Morgan fingerprint density at radius 1 is 1.29 bits per heavy atom. The van der Waals surface area contributed by atoms with E-state index < -0.39 is 4.92 Å². The minimum Gasteiger partial charge on any atom is -0.396 e. The van der Waals surface area contributed by atoms with Crippen molar-refractivity contribution in [1.29, 1.82) is 0 Å². The van der Waals surface area contributed by atoms with Crippen LogP contribution >= 0.6 is 35.7 Å². The van der Waals surface area contributed by atoms with Crippen molar-refractivity contribution in [2.24, 2.45) is 0 Å². The molecule has 1 N–H and O–H groups in total. The largest absolute Gasteiger partial charge is 0.396 e. The lowest BCUT2D eigenvalue weighted by Gasteiger charge is -2.20. The molecule has 1 aliphatic heterocycles. The van der Waals surface area contributed by atoms with Crippen molar-refractivity contribution in [2.45, 2.75) is 18.7 Å². The summed E-state index contributed by atoms with van der Waals surface area (Å²) < 4.78 is 2.17. The quantitative estimate of drug-likeness (QED) is 0.244. The van der Waals surface area contributed by atoms with Crippen molar-refractivity contribution >= 4 is 57.7 Å². The highest BCUT2D eigenvalue weighted by molar-refractivity contribution is 8.27. The average Bonchev–Trinajstić information content (AvgIpc) is 3.11. The molecular formula is C18H17N3O4S3. The lowest BCUT2D eigenvalue weighted by atomic mass is 10.2. The van der Waals surface area contributed by atoms with Gasteiger partial charge in [-0.3, -0.25) is 19.6 Å². The van der Waals surface area contributed by atoms with Gasteiger partial charge >= 0.3 is 0 Å². The summed E-state index contributed by atoms with van der Waals surface area (Å²) >= 11 is 7.76. The second kappa shape index (κ2) is 8.48. The fourth-order valence-electron chi connectivity index (χ4n) is 2.80. The minimum atomic E-state index is -0.463. The van der Waals surface area contributed by atoms with Crippen molar-refractivity contribution in [3.8, 4) is 0 Å². The van der Waals surface area contributed by atoms with Gasteiger partial charge in [-0.05, 0) is 55.9 Å². The number of hydrogen-bond donors (Lipinski definition) is 1. The lowest BCUT2D eigenvalue weighted by molar-refractivity contribution is -0.387. The number of aryl methyl sites for hydroxylation is 2. The monoisotopic (exact) mass is 435 g/mol. The minimum absolute atomic E-state index is 0.0558. The van der Waals surface area contributed by atoms with Crippen molar-refractivity contribution in [3.05, 3.63) is 62.3 Å². The van der Waals surface area contributed by atoms with Crippen LogP contribution in [0.25, 0.3) is 6.08 Å². The molecule has 1 aromatic heterocycles. The first-order valence-corrected chi connectivity index (χ1v) is 10.5. The smallest absolute Gasteiger partial charge is 0.285 e. The molecule has 2 aromatic rings. The van der Waals surface area contributed by atoms with Crippen LogP contribution in [0.3, 0.4) is 0 Å². The highest BCUT2D eigenvalue weighted by Crippen LogP contribution is 2.35. The van der Waals surface area contributed by atoms with Gasteiger partial charge in [-0.1, -0.05) is 17.8 Å². The summed E-state index contributed by atoms with van der Waals surface area (Å²) in [7, 11) is 0. The second-order valence-electron chi connectivity index (χ2n) is 5.98. The van der Waals surface area contributed by atoms with Gasteiger partial charge in [0.2, 0.25) is 0 Å². The molecule has 1 amide bonds. The summed E-state index contributed by atoms with van der Waals surface area (Å²) in [6.07, 6.45) is 1.61. The summed E-state index contributed by atoms with van der Waals surface area (Å²) in [6.45, 7) is 3.72. The Bertz CT molecular complexity index is 980. The number of aliphatic hydroxyl groups excluding tert-OH is 1. The first kappa shape index (κ1) is 20.6. The van der Waals surface area contributed by atoms with E-state index in [0.29, 0.717) is 25.4 Å². The fraction of sp³-hybridized carbons (Fsp3) is 0.222. The Morgan fingerprint density at radius 3 is 2.57 bits per heavy atom. The molecule has 1 aromatic carbocycles. The molecule has 0 bridgehead atoms. The predicted molar refractivity (Wildman–Crippen MR) is 116 cm³/mol. The van der Waals surface area contributed by atoms with Gasteiger partial charge in [0, 0.05) is 23.2 Å². The van der Waals surface area contributed by atoms with Gasteiger partial charge < -0.3 is 5.11 Å². The van der Waals surface area contributed by atoms with Crippen molar-refractivity contribution in [2.75, 3.05) is 17.4 Å². The third kappa shape index (κ3) is 4.00. The van der Waals surface area contributed by atoms with Crippen LogP contribution in [0.2, 0.25) is 0 Å². The SMILES string of the molecule is Cc1ccc(C)n1N1C(=O)C(=Cc2ccc(SCCO)c([N+](=O)[O-])c2)SC1=S. The maximum absolute atomic E-state index is 12.9. The van der Waals surface area contributed by atoms with Crippen LogP contribution in [0.5, 0.6) is 0 Å². The summed E-state index contributed by atoms with van der Waals surface area (Å²) in [5, 5.41) is 21.8. The topological polar surface area (TPSA) is 88.6 Å². The Morgan fingerprint density at radius 2 is 1.96 bits per heavy atom. The summed E-state index contributed by atoms with van der Waals surface area (Å²) in [5.41, 5.74) is 2.26. The van der Waals surface area contributed by atoms with E-state index in [1.54, 1.807) is 22.9 Å². The molecule has 2 heterocycles. The molecule has 7 nitrogen and oxygen atoms in total. The van der Waals surface area contributed by atoms with E-state index in [-0.39, 0.29) is 18.2 Å². The van der Waals surface area contributed by atoms with Gasteiger partial charge in [0.05, 0.1) is 21.3 Å². The number of nitro benzene ring substituents is 1. The molecule has 0 radical (unpaired) electrons. The molecule has 3 rings (SSSR count). The molecule has 0 atom stereocenters. The molecule has 146 valence electrons. The van der Waals surface area contributed by atoms with Crippen LogP contribution < -0.4 is 5.01 Å². The molecule has 0 saturated carbocycles. The van der Waals surface area contributed by atoms with Gasteiger partial charge in [-0.25, -0.2) is 0 Å². The first-order chi connectivity index (χ1) is 13.3. The van der Waals surface area contributed by atoms with Gasteiger partial charge in [-0.2, -0.15) is 5.01 Å². The number of rotatable bonds is 6. The number of carbonyl (C=O) groups excluding carboxylic acids is 1. The predicted octanol–water partition coefficient (Wildman–Crippen LogP) is 3.63. The number of amides is 1. The standard InChI is InChI=1S/C18H17N3O4S3/c1-11-3-4-12(2)19(11)20-17(23)16(28-18(20)26)10-13-5-6-15(27-8-7-22)14(9-13)21(24)25/h3-6,9-10,22H,7-8H2,1-2H3. The zero-order valence-electron chi connectivity index (χ0n) is 15.1. The van der Waals surface area contributed by atoms with Gasteiger partial charge in [0.25, 0.3) is 11.6 Å². The number of thiocarbonyl (C=S) groups is 1. The molecule has 28 heavy (non-hydrogen) atoms. The van der Waals surface area contributed by atoms with Crippen LogP contribution in [0, 0.1) is 24.0 Å². The number of thioether (sulfide) groups is 2. The molecule has 1 fully saturated rings. The molecule has 0 aliphatic carbocycles. The van der Waals surface area contributed by atoms with Crippen LogP contribution in [0.4, 0.5) is 5.69 Å². The Kier molecular flexibility index (Phi) is 6.23. The highest BCUT2D eigenvalue weighted by atomic mass is 32.2. The van der Waals surface area contributed by atoms with Crippen LogP contribution in [0.1, 0.15) is 17.0 Å². The maximum atomic E-state index is 12.9. The van der Waals surface area contributed by atoms with Crippen LogP contribution in [-0.2, 0) is 4.79 Å². The van der Waals surface area contributed by atoms with E-state index >= 15 is 0 Å². The summed E-state index contributed by atoms with van der Waals surface area (Å²) in [6, 6.07) is 8.59. The number of benzene rings is 1. The van der Waals surface area contributed by atoms with E-state index in [1.165, 1.54) is 22.8 Å². The molecule has 0 unspecified atom stereocenters. The molecular weight excluding hydrogens is 418 g/mol. The van der Waals surface area contributed by atoms with E-state index in [0.717, 1.165) is 23.1 Å². The molecule has 1 aliphatic rings. The molecule has 0 spiro atoms. The zero-order chi connectivity index (χ0) is 20.4.